The Balaban J connectivity index is 2.00. The molecular formula is C13H22N4. The minimum absolute atomic E-state index is 0.444. The predicted octanol–water partition coefficient (Wildman–Crippen LogP) is 2.75. The molecule has 4 nitrogen and oxygen atoms in total. The van der Waals surface area contributed by atoms with Crippen molar-refractivity contribution in [2.24, 2.45) is 11.3 Å². The third kappa shape index (κ3) is 3.33. The number of nitrogens with two attached hydrogens (primary N) is 1. The van der Waals surface area contributed by atoms with Crippen molar-refractivity contribution < 1.29 is 0 Å². The lowest BCUT2D eigenvalue weighted by atomic mass is 9.75. The zero-order chi connectivity index (χ0) is 12.3. The van der Waals surface area contributed by atoms with Crippen molar-refractivity contribution in [3.63, 3.8) is 0 Å². The van der Waals surface area contributed by atoms with Crippen molar-refractivity contribution in [3.05, 3.63) is 18.2 Å². The van der Waals surface area contributed by atoms with Gasteiger partial charge in [0.25, 0.3) is 0 Å². The second-order valence-electron chi connectivity index (χ2n) is 5.65. The van der Waals surface area contributed by atoms with Crippen LogP contribution in [-0.4, -0.2) is 11.0 Å². The summed E-state index contributed by atoms with van der Waals surface area (Å²) in [5.41, 5.74) is 3.01. The molecule has 1 atom stereocenters. The number of nitrogens with zero attached hydrogens (tertiary/aromatic N) is 1. The first-order valence-electron chi connectivity index (χ1n) is 6.29. The van der Waals surface area contributed by atoms with Crippen molar-refractivity contribution in [1.82, 2.24) is 4.98 Å². The monoisotopic (exact) mass is 234 g/mol. The van der Waals surface area contributed by atoms with Gasteiger partial charge in [-0.05, 0) is 36.8 Å². The van der Waals surface area contributed by atoms with Crippen LogP contribution in [0, 0.1) is 5.41 Å². The molecule has 0 aromatic carbocycles. The van der Waals surface area contributed by atoms with Gasteiger partial charge in [-0.2, -0.15) is 0 Å². The maximum Gasteiger partial charge on any atom is 0.142 e. The highest BCUT2D eigenvalue weighted by molar-refractivity contribution is 5.44. The Kier molecular flexibility index (Phi) is 3.52. The van der Waals surface area contributed by atoms with E-state index in [0.717, 1.165) is 5.82 Å². The first kappa shape index (κ1) is 12.2. The average molecular weight is 234 g/mol. The van der Waals surface area contributed by atoms with Crippen molar-refractivity contribution in [1.29, 1.82) is 0 Å². The van der Waals surface area contributed by atoms with Crippen LogP contribution in [0.1, 0.15) is 39.5 Å². The van der Waals surface area contributed by atoms with Gasteiger partial charge in [-0.1, -0.05) is 26.3 Å². The summed E-state index contributed by atoms with van der Waals surface area (Å²) in [4.78, 5) is 4.39. The van der Waals surface area contributed by atoms with Crippen molar-refractivity contribution in [2.75, 3.05) is 10.7 Å². The van der Waals surface area contributed by atoms with Gasteiger partial charge in [-0.15, -0.1) is 0 Å². The summed E-state index contributed by atoms with van der Waals surface area (Å²) in [6, 6.07) is 6.33. The molecule has 0 bridgehead atoms. The van der Waals surface area contributed by atoms with Crippen LogP contribution in [0.25, 0.3) is 0 Å². The lowest BCUT2D eigenvalue weighted by Gasteiger charge is -2.35. The molecule has 0 radical (unpaired) electrons. The van der Waals surface area contributed by atoms with Crippen molar-refractivity contribution >= 4 is 11.6 Å². The zero-order valence-electron chi connectivity index (χ0n) is 10.7. The lowest BCUT2D eigenvalue weighted by Crippen LogP contribution is -2.32. The molecule has 1 aromatic rings. The number of hydrogen-bond donors (Lipinski definition) is 3. The molecule has 1 aliphatic carbocycles. The molecule has 0 saturated heterocycles. The van der Waals surface area contributed by atoms with Gasteiger partial charge in [0.2, 0.25) is 0 Å². The Hall–Kier alpha value is -1.29. The maximum atomic E-state index is 5.35. The number of rotatable bonds is 3. The van der Waals surface area contributed by atoms with Crippen LogP contribution < -0.4 is 16.6 Å². The first-order valence-corrected chi connectivity index (χ1v) is 6.29. The summed E-state index contributed by atoms with van der Waals surface area (Å²) in [5.74, 6) is 6.96. The van der Waals surface area contributed by atoms with E-state index in [9.17, 15) is 0 Å². The Morgan fingerprint density at radius 2 is 2.12 bits per heavy atom. The Labute approximate surface area is 103 Å². The van der Waals surface area contributed by atoms with Gasteiger partial charge >= 0.3 is 0 Å². The van der Waals surface area contributed by atoms with Gasteiger partial charge in [0.05, 0.1) is 0 Å². The molecule has 1 heterocycles. The number of hydrazine groups is 1. The summed E-state index contributed by atoms with van der Waals surface area (Å²) >= 11 is 0. The summed E-state index contributed by atoms with van der Waals surface area (Å²) < 4.78 is 0. The van der Waals surface area contributed by atoms with Crippen LogP contribution >= 0.6 is 0 Å². The number of anilines is 2. The van der Waals surface area contributed by atoms with E-state index >= 15 is 0 Å². The Morgan fingerprint density at radius 3 is 2.82 bits per heavy atom. The molecule has 94 valence electrons. The number of pyridine rings is 1. The van der Waals surface area contributed by atoms with E-state index in [2.05, 4.69) is 29.6 Å². The highest BCUT2D eigenvalue weighted by Crippen LogP contribution is 2.36. The van der Waals surface area contributed by atoms with Gasteiger partial charge in [0.15, 0.2) is 0 Å². The minimum Gasteiger partial charge on any atom is -0.367 e. The normalized spacial score (nSPS) is 23.1. The first-order chi connectivity index (χ1) is 8.09. The molecule has 4 heteroatoms. The van der Waals surface area contributed by atoms with Gasteiger partial charge < -0.3 is 10.7 Å². The molecule has 0 amide bonds. The van der Waals surface area contributed by atoms with E-state index in [4.69, 9.17) is 5.84 Å². The topological polar surface area (TPSA) is 63.0 Å². The van der Waals surface area contributed by atoms with E-state index in [1.54, 1.807) is 0 Å². The molecule has 4 N–H and O–H groups in total. The number of nitrogens with one attached hydrogen (secondary N) is 2. The number of nitrogen functional groups attached to an aromatic ring is 1. The molecule has 1 saturated carbocycles. The summed E-state index contributed by atoms with van der Waals surface area (Å²) in [6.07, 6.45) is 5.04. The van der Waals surface area contributed by atoms with Gasteiger partial charge in [0.1, 0.15) is 11.6 Å². The summed E-state index contributed by atoms with van der Waals surface area (Å²) in [7, 11) is 0. The van der Waals surface area contributed by atoms with E-state index in [0.29, 0.717) is 17.3 Å². The number of aromatic nitrogens is 1. The molecule has 1 aliphatic rings. The van der Waals surface area contributed by atoms with E-state index in [1.807, 2.05) is 18.2 Å². The predicted molar refractivity (Wildman–Crippen MR) is 71.7 cm³/mol. The smallest absolute Gasteiger partial charge is 0.142 e. The van der Waals surface area contributed by atoms with Crippen molar-refractivity contribution in [2.45, 2.75) is 45.6 Å². The molecule has 17 heavy (non-hydrogen) atoms. The van der Waals surface area contributed by atoms with Crippen LogP contribution in [0.3, 0.4) is 0 Å². The SMILES string of the molecule is CC1(C)CCCC(Nc2cccc(NN)n2)C1. The quantitative estimate of drug-likeness (QED) is 0.556. The van der Waals surface area contributed by atoms with Crippen molar-refractivity contribution in [3.8, 4) is 0 Å². The fourth-order valence-electron chi connectivity index (χ4n) is 2.63. The molecule has 1 aromatic heterocycles. The van der Waals surface area contributed by atoms with Crippen LogP contribution in [0.15, 0.2) is 18.2 Å². The number of hydrogen-bond acceptors (Lipinski definition) is 4. The van der Waals surface area contributed by atoms with Crippen LogP contribution in [0.4, 0.5) is 11.6 Å². The second kappa shape index (κ2) is 4.92. The van der Waals surface area contributed by atoms with Gasteiger partial charge in [0, 0.05) is 6.04 Å². The fraction of sp³-hybridized carbons (Fsp3) is 0.615. The molecule has 0 aliphatic heterocycles. The zero-order valence-corrected chi connectivity index (χ0v) is 10.7. The Bertz CT molecular complexity index is 375. The van der Waals surface area contributed by atoms with E-state index < -0.39 is 0 Å². The van der Waals surface area contributed by atoms with Crippen LogP contribution in [0.2, 0.25) is 0 Å². The highest BCUT2D eigenvalue weighted by Gasteiger charge is 2.27. The summed E-state index contributed by atoms with van der Waals surface area (Å²) in [5, 5.41) is 3.50. The standard InChI is InChI=1S/C13H22N4/c1-13(2)8-4-5-10(9-13)15-11-6-3-7-12(16-11)17-14/h3,6-7,10H,4-5,8-9,14H2,1-2H3,(H2,15,16,17). The summed E-state index contributed by atoms with van der Waals surface area (Å²) in [6.45, 7) is 4.68. The molecule has 0 spiro atoms. The third-order valence-electron chi connectivity index (χ3n) is 3.45. The Morgan fingerprint density at radius 1 is 1.35 bits per heavy atom. The van der Waals surface area contributed by atoms with Crippen LogP contribution in [0.5, 0.6) is 0 Å². The third-order valence-corrected chi connectivity index (χ3v) is 3.45. The highest BCUT2D eigenvalue weighted by atomic mass is 15.3. The average Bonchev–Trinajstić information content (AvgIpc) is 2.28. The van der Waals surface area contributed by atoms with Gasteiger partial charge in [-0.3, -0.25) is 0 Å². The molecule has 1 unspecified atom stereocenters. The van der Waals surface area contributed by atoms with E-state index in [1.165, 1.54) is 25.7 Å². The molecular weight excluding hydrogens is 212 g/mol. The minimum atomic E-state index is 0.444. The molecule has 1 fully saturated rings. The fourth-order valence-corrected chi connectivity index (χ4v) is 2.63. The molecule has 2 rings (SSSR count). The largest absolute Gasteiger partial charge is 0.367 e. The lowest BCUT2D eigenvalue weighted by molar-refractivity contribution is 0.229. The maximum absolute atomic E-state index is 5.35. The second-order valence-corrected chi connectivity index (χ2v) is 5.65. The van der Waals surface area contributed by atoms with Crippen LogP contribution in [-0.2, 0) is 0 Å². The van der Waals surface area contributed by atoms with E-state index in [-0.39, 0.29) is 0 Å². The van der Waals surface area contributed by atoms with Gasteiger partial charge in [-0.25, -0.2) is 10.8 Å².